The maximum atomic E-state index is 13.3. The normalized spacial score (nSPS) is 12.0. The molecule has 4 aromatic rings. The van der Waals surface area contributed by atoms with Crippen molar-refractivity contribution in [1.29, 1.82) is 0 Å². The fraction of sp³-hybridized carbons (Fsp3) is 0.0870. The predicted octanol–water partition coefficient (Wildman–Crippen LogP) is 5.09. The molecule has 0 aliphatic heterocycles. The van der Waals surface area contributed by atoms with Crippen LogP contribution in [0.15, 0.2) is 95.9 Å². The van der Waals surface area contributed by atoms with E-state index in [-0.39, 0.29) is 10.6 Å². The smallest absolute Gasteiger partial charge is 0.200 e. The first-order valence-corrected chi connectivity index (χ1v) is 11.1. The van der Waals surface area contributed by atoms with Crippen molar-refractivity contribution in [3.05, 3.63) is 108 Å². The number of nitrogens with one attached hydrogen (secondary N) is 1. The molecule has 9 heteroatoms. The summed E-state index contributed by atoms with van der Waals surface area (Å²) in [4.78, 5) is 2.69. The number of sulfonamides is 1. The lowest BCUT2D eigenvalue weighted by molar-refractivity contribution is -0.141. The summed E-state index contributed by atoms with van der Waals surface area (Å²) >= 11 is 0. The van der Waals surface area contributed by atoms with Gasteiger partial charge in [0.25, 0.3) is 10.0 Å². The minimum Gasteiger partial charge on any atom is -0.200 e. The second-order valence-corrected chi connectivity index (χ2v) is 8.75. The lowest BCUT2D eigenvalue weighted by Crippen LogP contribution is -2.25. The van der Waals surface area contributed by atoms with E-state index in [0.29, 0.717) is 16.8 Å². The molecule has 32 heavy (non-hydrogen) atoms. The molecule has 1 heterocycles. The van der Waals surface area contributed by atoms with E-state index in [0.717, 1.165) is 17.2 Å². The van der Waals surface area contributed by atoms with Gasteiger partial charge in [0.2, 0.25) is 0 Å². The molecule has 0 spiro atoms. The lowest BCUT2D eigenvalue weighted by atomic mass is 10.0. The van der Waals surface area contributed by atoms with Crippen molar-refractivity contribution in [3.8, 4) is 11.3 Å². The highest BCUT2D eigenvalue weighted by Gasteiger charge is 2.35. The number of hydrogen-bond acceptors (Lipinski definition) is 3. The summed E-state index contributed by atoms with van der Waals surface area (Å²) in [6, 6.07) is 24.8. The second-order valence-electron chi connectivity index (χ2n) is 7.09. The maximum absolute atomic E-state index is 13.3. The molecular formula is C23H18F3N3O2S. The standard InChI is InChI=1S/C23H18F3N3O2S/c24-23(25,26)22-16-21(29(27-22)28-32(30,31)20-9-5-2-6-10-20)19-13-11-18(12-14-19)15-17-7-3-1-4-8-17/h1-14,16,28H,15H2. The third kappa shape index (κ3) is 4.83. The number of alkyl halides is 3. The average molecular weight is 457 g/mol. The summed E-state index contributed by atoms with van der Waals surface area (Å²) in [6.45, 7) is 0. The van der Waals surface area contributed by atoms with Crippen molar-refractivity contribution in [1.82, 2.24) is 9.89 Å². The Balaban J connectivity index is 1.68. The summed E-state index contributed by atoms with van der Waals surface area (Å²) in [5.74, 6) is 0. The first-order chi connectivity index (χ1) is 15.2. The average Bonchev–Trinajstić information content (AvgIpc) is 3.19. The molecule has 3 aromatic carbocycles. The zero-order chi connectivity index (χ0) is 22.8. The van der Waals surface area contributed by atoms with Crippen LogP contribution in [0.2, 0.25) is 0 Å². The van der Waals surface area contributed by atoms with E-state index in [1.807, 2.05) is 30.3 Å². The van der Waals surface area contributed by atoms with E-state index in [9.17, 15) is 21.6 Å². The Bertz CT molecular complexity index is 1300. The van der Waals surface area contributed by atoms with Crippen LogP contribution in [0.5, 0.6) is 0 Å². The van der Waals surface area contributed by atoms with Gasteiger partial charge in [-0.2, -0.15) is 31.2 Å². The molecular weight excluding hydrogens is 439 g/mol. The predicted molar refractivity (Wildman–Crippen MR) is 115 cm³/mol. The van der Waals surface area contributed by atoms with Gasteiger partial charge in [0.15, 0.2) is 5.69 Å². The highest BCUT2D eigenvalue weighted by Crippen LogP contribution is 2.32. The number of halogens is 3. The Hall–Kier alpha value is -3.59. The first kappa shape index (κ1) is 21.6. The van der Waals surface area contributed by atoms with Crippen LogP contribution in [0, 0.1) is 0 Å². The molecule has 4 rings (SSSR count). The van der Waals surface area contributed by atoms with Crippen LogP contribution in [-0.4, -0.2) is 18.3 Å². The second kappa shape index (κ2) is 8.51. The number of nitrogens with zero attached hydrogens (tertiary/aromatic N) is 2. The zero-order valence-corrected chi connectivity index (χ0v) is 17.4. The molecule has 0 atom stereocenters. The van der Waals surface area contributed by atoms with Crippen molar-refractivity contribution >= 4 is 10.0 Å². The third-order valence-corrected chi connectivity index (χ3v) is 6.07. The molecule has 0 fully saturated rings. The fourth-order valence-electron chi connectivity index (χ4n) is 3.19. The molecule has 1 aromatic heterocycles. The topological polar surface area (TPSA) is 64.0 Å². The van der Waals surface area contributed by atoms with Crippen LogP contribution < -0.4 is 4.83 Å². The van der Waals surface area contributed by atoms with Crippen LogP contribution in [0.25, 0.3) is 11.3 Å². The monoisotopic (exact) mass is 457 g/mol. The van der Waals surface area contributed by atoms with Gasteiger partial charge in [0, 0.05) is 5.56 Å². The van der Waals surface area contributed by atoms with E-state index in [4.69, 9.17) is 0 Å². The number of benzene rings is 3. The summed E-state index contributed by atoms with van der Waals surface area (Å²) < 4.78 is 65.2. The molecule has 0 saturated heterocycles. The van der Waals surface area contributed by atoms with Gasteiger partial charge in [-0.25, -0.2) is 0 Å². The van der Waals surface area contributed by atoms with E-state index < -0.39 is 21.9 Å². The number of aromatic nitrogens is 2. The van der Waals surface area contributed by atoms with Crippen LogP contribution in [-0.2, 0) is 22.6 Å². The number of rotatable bonds is 6. The molecule has 1 N–H and O–H groups in total. The fourth-order valence-corrected chi connectivity index (χ4v) is 4.17. The largest absolute Gasteiger partial charge is 0.435 e. The van der Waals surface area contributed by atoms with Crippen molar-refractivity contribution in [3.63, 3.8) is 0 Å². The quantitative estimate of drug-likeness (QED) is 0.439. The summed E-state index contributed by atoms with van der Waals surface area (Å²) in [6.07, 6.45) is -4.07. The molecule has 164 valence electrons. The zero-order valence-electron chi connectivity index (χ0n) is 16.6. The highest BCUT2D eigenvalue weighted by molar-refractivity contribution is 7.92. The van der Waals surface area contributed by atoms with Crippen LogP contribution >= 0.6 is 0 Å². The molecule has 0 amide bonds. The highest BCUT2D eigenvalue weighted by atomic mass is 32.2. The molecule has 0 aliphatic carbocycles. The van der Waals surface area contributed by atoms with Crippen molar-refractivity contribution in [2.24, 2.45) is 0 Å². The molecule has 0 unspecified atom stereocenters. The van der Waals surface area contributed by atoms with Gasteiger partial charge >= 0.3 is 6.18 Å². The Labute approximate surface area is 183 Å². The van der Waals surface area contributed by atoms with E-state index in [1.54, 1.807) is 30.3 Å². The molecule has 0 radical (unpaired) electrons. The summed E-state index contributed by atoms with van der Waals surface area (Å²) in [5, 5.41) is 3.46. The Morgan fingerprint density at radius 3 is 1.97 bits per heavy atom. The van der Waals surface area contributed by atoms with Gasteiger partial charge in [0.1, 0.15) is 0 Å². The van der Waals surface area contributed by atoms with Gasteiger partial charge in [-0.05, 0) is 35.7 Å². The first-order valence-electron chi connectivity index (χ1n) is 9.61. The van der Waals surface area contributed by atoms with Gasteiger partial charge in [-0.1, -0.05) is 72.8 Å². The van der Waals surface area contributed by atoms with Crippen molar-refractivity contribution in [2.75, 3.05) is 4.83 Å². The SMILES string of the molecule is O=S(=O)(Nn1nc(C(F)(F)F)cc1-c1ccc(Cc2ccccc2)cc1)c1ccccc1. The van der Waals surface area contributed by atoms with E-state index in [2.05, 4.69) is 9.93 Å². The van der Waals surface area contributed by atoms with E-state index >= 15 is 0 Å². The van der Waals surface area contributed by atoms with E-state index in [1.165, 1.54) is 24.3 Å². The molecule has 0 saturated carbocycles. The molecule has 0 bridgehead atoms. The summed E-state index contributed by atoms with van der Waals surface area (Å²) in [5.41, 5.74) is 1.23. The molecule has 5 nitrogen and oxygen atoms in total. The maximum Gasteiger partial charge on any atom is 0.435 e. The minimum absolute atomic E-state index is 0.0249. The summed E-state index contributed by atoms with van der Waals surface area (Å²) in [7, 11) is -4.14. The number of hydrogen-bond donors (Lipinski definition) is 1. The Kier molecular flexibility index (Phi) is 5.75. The van der Waals surface area contributed by atoms with Crippen molar-refractivity contribution in [2.45, 2.75) is 17.5 Å². The Morgan fingerprint density at radius 2 is 1.38 bits per heavy atom. The van der Waals surface area contributed by atoms with Gasteiger partial charge in [0.05, 0.1) is 10.6 Å². The van der Waals surface area contributed by atoms with Gasteiger partial charge < -0.3 is 0 Å². The Morgan fingerprint density at radius 1 is 0.812 bits per heavy atom. The molecule has 0 aliphatic rings. The van der Waals surface area contributed by atoms with Crippen molar-refractivity contribution < 1.29 is 21.6 Å². The third-order valence-electron chi connectivity index (χ3n) is 4.76. The van der Waals surface area contributed by atoms with Crippen LogP contribution in [0.1, 0.15) is 16.8 Å². The van der Waals surface area contributed by atoms with Crippen LogP contribution in [0.4, 0.5) is 13.2 Å². The minimum atomic E-state index is -4.73. The van der Waals surface area contributed by atoms with Gasteiger partial charge in [-0.3, -0.25) is 0 Å². The van der Waals surface area contributed by atoms with Gasteiger partial charge in [-0.15, -0.1) is 5.10 Å². The lowest BCUT2D eigenvalue weighted by Gasteiger charge is -2.11. The van der Waals surface area contributed by atoms with Crippen LogP contribution in [0.3, 0.4) is 0 Å².